The van der Waals surface area contributed by atoms with Crippen LogP contribution >= 0.6 is 0 Å². The van der Waals surface area contributed by atoms with Crippen LogP contribution in [-0.4, -0.2) is 0 Å². The van der Waals surface area contributed by atoms with Crippen LogP contribution in [0.2, 0.25) is 0 Å². The third-order valence-electron chi connectivity index (χ3n) is 7.41. The molecule has 0 bridgehead atoms. The molecule has 37 heavy (non-hydrogen) atoms. The van der Waals surface area contributed by atoms with Gasteiger partial charge in [0.25, 0.3) is 0 Å². The first kappa shape index (κ1) is 20.2. The predicted octanol–water partition coefficient (Wildman–Crippen LogP) is 7.65. The summed E-state index contributed by atoms with van der Waals surface area (Å²) in [6, 6.07) is 42.8. The second-order valence-corrected chi connectivity index (χ2v) is 9.44. The van der Waals surface area contributed by atoms with Crippen LogP contribution in [0.3, 0.4) is 0 Å². The van der Waals surface area contributed by atoms with Crippen molar-refractivity contribution in [1.82, 2.24) is 0 Å². The van der Waals surface area contributed by atoms with Crippen LogP contribution in [0.4, 0.5) is 0 Å². The maximum atomic E-state index is 6.68. The van der Waals surface area contributed by atoms with Gasteiger partial charge in [0.1, 0.15) is 21.9 Å². The minimum Gasteiger partial charge on any atom is -0.456 e. The Bertz CT molecular complexity index is 2260. The Morgan fingerprint density at radius 2 is 0.865 bits per heavy atom. The summed E-state index contributed by atoms with van der Waals surface area (Å²) in [6.07, 6.45) is 4.30. The molecule has 4 heterocycles. The van der Waals surface area contributed by atoms with E-state index in [-0.39, 0.29) is 0 Å². The van der Waals surface area contributed by atoms with E-state index in [1.54, 1.807) is 0 Å². The van der Waals surface area contributed by atoms with E-state index >= 15 is 0 Å². The molecule has 0 unspecified atom stereocenters. The normalized spacial score (nSPS) is 11.8. The maximum absolute atomic E-state index is 6.68. The molecule has 3 heteroatoms. The van der Waals surface area contributed by atoms with Gasteiger partial charge in [-0.1, -0.05) is 54.6 Å². The molecule has 0 saturated heterocycles. The summed E-state index contributed by atoms with van der Waals surface area (Å²) in [5.74, 6) is 0. The number of fused-ring (bicyclic) bond motifs is 13. The third kappa shape index (κ3) is 2.95. The number of pyridine rings is 2. The van der Waals surface area contributed by atoms with Gasteiger partial charge in [0.15, 0.2) is 12.4 Å². The van der Waals surface area contributed by atoms with Gasteiger partial charge < -0.3 is 4.42 Å². The molecule has 0 aliphatic carbocycles. The highest BCUT2D eigenvalue weighted by Gasteiger charge is 2.20. The Morgan fingerprint density at radius 1 is 0.351 bits per heavy atom. The fraction of sp³-hybridized carbons (Fsp3) is 0. The quantitative estimate of drug-likeness (QED) is 0.207. The molecule has 8 aromatic rings. The number of benzene rings is 4. The van der Waals surface area contributed by atoms with Crippen LogP contribution in [0.1, 0.15) is 0 Å². The lowest BCUT2D eigenvalue weighted by Gasteiger charge is -2.02. The van der Waals surface area contributed by atoms with Gasteiger partial charge >= 0.3 is 0 Å². The summed E-state index contributed by atoms with van der Waals surface area (Å²) in [5.41, 5.74) is 6.24. The molecule has 0 N–H and O–H groups in total. The molecule has 0 atom stereocenters. The Labute approximate surface area is 212 Å². The first-order valence-electron chi connectivity index (χ1n) is 12.5. The summed E-state index contributed by atoms with van der Waals surface area (Å²) in [4.78, 5) is 0. The summed E-state index contributed by atoms with van der Waals surface area (Å²) in [7, 11) is 0. The largest absolute Gasteiger partial charge is 0.456 e. The molecule has 8 rings (SSSR count). The van der Waals surface area contributed by atoms with E-state index in [0.29, 0.717) is 0 Å². The minimum absolute atomic E-state index is 0.856. The Hall–Kier alpha value is -5.02. The highest BCUT2D eigenvalue weighted by atomic mass is 16.3. The average molecular weight is 475 g/mol. The van der Waals surface area contributed by atoms with Crippen LogP contribution < -0.4 is 8.80 Å². The molecule has 4 aromatic heterocycles. The molecular formula is C34H22N2O+2. The molecule has 4 aromatic carbocycles. The van der Waals surface area contributed by atoms with Gasteiger partial charge in [-0.05, 0) is 41.1 Å². The predicted molar refractivity (Wildman–Crippen MR) is 150 cm³/mol. The topological polar surface area (TPSA) is 21.3 Å². The van der Waals surface area contributed by atoms with Crippen molar-refractivity contribution in [1.29, 1.82) is 0 Å². The van der Waals surface area contributed by atoms with Crippen molar-refractivity contribution < 1.29 is 13.2 Å². The van der Waals surface area contributed by atoms with Crippen LogP contribution in [-0.2, 0) is 0 Å². The molecule has 0 amide bonds. The van der Waals surface area contributed by atoms with Crippen molar-refractivity contribution in [2.75, 3.05) is 0 Å². The zero-order valence-corrected chi connectivity index (χ0v) is 20.0. The second-order valence-electron chi connectivity index (χ2n) is 9.44. The van der Waals surface area contributed by atoms with E-state index in [1.165, 1.54) is 16.2 Å². The Kier molecular flexibility index (Phi) is 4.23. The molecule has 0 radical (unpaired) electrons. The molecule has 0 fully saturated rings. The summed E-state index contributed by atoms with van der Waals surface area (Å²) >= 11 is 0. The summed E-state index contributed by atoms with van der Waals surface area (Å²) in [6.45, 7) is 0. The lowest BCUT2D eigenvalue weighted by Crippen LogP contribution is -2.26. The highest BCUT2D eigenvalue weighted by molar-refractivity contribution is 6.16. The van der Waals surface area contributed by atoms with Crippen LogP contribution in [0.5, 0.6) is 0 Å². The highest BCUT2D eigenvalue weighted by Crippen LogP contribution is 2.33. The number of nitrogens with zero attached hydrogens (tertiary/aromatic N) is 2. The Morgan fingerprint density at radius 3 is 1.59 bits per heavy atom. The SMILES string of the molecule is c1ccc2c(c1)oc1cc3c(cc1c1ccccc21)c1cccc[n+]1c1ccccc1c1cccc[n+]13. The van der Waals surface area contributed by atoms with Gasteiger partial charge in [0, 0.05) is 41.1 Å². The number of aromatic nitrogens is 2. The summed E-state index contributed by atoms with van der Waals surface area (Å²) in [5, 5.41) is 6.88. The first-order valence-corrected chi connectivity index (χ1v) is 12.5. The minimum atomic E-state index is 0.856. The lowest BCUT2D eigenvalue weighted by atomic mass is 10.0. The second kappa shape index (κ2) is 7.74. The van der Waals surface area contributed by atoms with E-state index in [2.05, 4.69) is 136 Å². The van der Waals surface area contributed by atoms with E-state index < -0.39 is 0 Å². The first-order chi connectivity index (χ1) is 18.4. The molecule has 3 nitrogen and oxygen atoms in total. The molecule has 0 aliphatic rings. The zero-order chi connectivity index (χ0) is 24.3. The van der Waals surface area contributed by atoms with Crippen LogP contribution in [0.15, 0.2) is 138 Å². The van der Waals surface area contributed by atoms with E-state index in [9.17, 15) is 0 Å². The van der Waals surface area contributed by atoms with E-state index in [0.717, 1.165) is 49.4 Å². The maximum Gasteiger partial charge on any atom is 0.228 e. The van der Waals surface area contributed by atoms with Crippen molar-refractivity contribution in [3.63, 3.8) is 0 Å². The van der Waals surface area contributed by atoms with E-state index in [1.807, 2.05) is 6.07 Å². The van der Waals surface area contributed by atoms with Crippen LogP contribution in [0.25, 0.3) is 65.6 Å². The lowest BCUT2D eigenvalue weighted by molar-refractivity contribution is -0.488. The summed E-state index contributed by atoms with van der Waals surface area (Å²) < 4.78 is 11.3. The standard InChI is InChI=1S/C34H22N2O/c1-2-12-24-23(11-1)25-13-4-6-18-33(25)37-34-22-32-28(21-27(24)34)31-17-8-9-19-35(31)29-15-5-3-14-26(29)30-16-7-10-20-36(30)32/h1-22H/q+2. The van der Waals surface area contributed by atoms with Gasteiger partial charge in [0.2, 0.25) is 22.1 Å². The number of hydrogen-bond donors (Lipinski definition) is 0. The van der Waals surface area contributed by atoms with Crippen molar-refractivity contribution in [2.24, 2.45) is 0 Å². The zero-order valence-electron chi connectivity index (χ0n) is 20.0. The fourth-order valence-corrected chi connectivity index (χ4v) is 5.76. The monoisotopic (exact) mass is 474 g/mol. The van der Waals surface area contributed by atoms with Crippen molar-refractivity contribution in [2.45, 2.75) is 0 Å². The Balaban J connectivity index is 1.76. The number of para-hydroxylation sites is 2. The van der Waals surface area contributed by atoms with Crippen molar-refractivity contribution in [3.05, 3.63) is 134 Å². The van der Waals surface area contributed by atoms with Crippen LogP contribution in [0, 0.1) is 0 Å². The van der Waals surface area contributed by atoms with Gasteiger partial charge in [0.05, 0.1) is 6.07 Å². The average Bonchev–Trinajstić information content (AvgIpc) is 3.10. The molecule has 172 valence electrons. The van der Waals surface area contributed by atoms with Gasteiger partial charge in [-0.25, -0.2) is 0 Å². The number of hydrogen-bond acceptors (Lipinski definition) is 1. The van der Waals surface area contributed by atoms with Gasteiger partial charge in [-0.15, -0.1) is 0 Å². The van der Waals surface area contributed by atoms with E-state index in [4.69, 9.17) is 4.42 Å². The van der Waals surface area contributed by atoms with Gasteiger partial charge in [-0.2, -0.15) is 8.80 Å². The van der Waals surface area contributed by atoms with Crippen molar-refractivity contribution in [3.8, 4) is 0 Å². The molecule has 0 spiro atoms. The number of rotatable bonds is 0. The fourth-order valence-electron chi connectivity index (χ4n) is 5.76. The molecule has 0 aliphatic heterocycles. The molecular weight excluding hydrogens is 452 g/mol. The smallest absolute Gasteiger partial charge is 0.228 e. The molecule has 0 saturated carbocycles. The van der Waals surface area contributed by atoms with Crippen molar-refractivity contribution >= 4 is 65.6 Å². The van der Waals surface area contributed by atoms with Gasteiger partial charge in [-0.3, -0.25) is 0 Å². The third-order valence-corrected chi connectivity index (χ3v) is 7.41.